The van der Waals surface area contributed by atoms with Crippen LogP contribution in [-0.2, 0) is 4.79 Å². The van der Waals surface area contributed by atoms with Gasteiger partial charge >= 0.3 is 6.18 Å². The van der Waals surface area contributed by atoms with Crippen molar-refractivity contribution < 1.29 is 18.0 Å². The Labute approximate surface area is 116 Å². The van der Waals surface area contributed by atoms with Crippen LogP contribution in [0.5, 0.6) is 0 Å². The van der Waals surface area contributed by atoms with Gasteiger partial charge in [-0.25, -0.2) is 0 Å². The lowest BCUT2D eigenvalue weighted by Gasteiger charge is -2.30. The average molecular weight is 285 g/mol. The lowest BCUT2D eigenvalue weighted by atomic mass is 9.76. The van der Waals surface area contributed by atoms with Gasteiger partial charge in [-0.15, -0.1) is 0 Å². The number of rotatable bonds is 3. The summed E-state index contributed by atoms with van der Waals surface area (Å²) in [4.78, 5) is 16.5. The summed E-state index contributed by atoms with van der Waals surface area (Å²) < 4.78 is 38.3. The van der Waals surface area contributed by atoms with Gasteiger partial charge in [-0.3, -0.25) is 9.78 Å². The van der Waals surface area contributed by atoms with Gasteiger partial charge in [-0.05, 0) is 38.3 Å². The first kappa shape index (κ1) is 15.0. The maximum Gasteiger partial charge on any atom is 0.391 e. The predicted molar refractivity (Wildman–Crippen MR) is 69.2 cm³/mol. The lowest BCUT2D eigenvalue weighted by Crippen LogP contribution is -2.33. The summed E-state index contributed by atoms with van der Waals surface area (Å²) in [6, 6.07) is 5.28. The van der Waals surface area contributed by atoms with E-state index in [0.29, 0.717) is 18.5 Å². The van der Waals surface area contributed by atoms with Gasteiger partial charge < -0.3 is 0 Å². The summed E-state index contributed by atoms with van der Waals surface area (Å²) in [6.07, 6.45) is -1.49. The molecule has 0 radical (unpaired) electrons. The molecule has 1 aliphatic carbocycles. The summed E-state index contributed by atoms with van der Waals surface area (Å²) in [6.45, 7) is 1.72. The van der Waals surface area contributed by atoms with Crippen molar-refractivity contribution in [1.29, 1.82) is 0 Å². The van der Waals surface area contributed by atoms with Gasteiger partial charge in [-0.1, -0.05) is 12.5 Å². The van der Waals surface area contributed by atoms with Crippen molar-refractivity contribution in [3.05, 3.63) is 30.1 Å². The van der Waals surface area contributed by atoms with Crippen molar-refractivity contribution in [1.82, 2.24) is 4.98 Å². The van der Waals surface area contributed by atoms with Gasteiger partial charge in [0.05, 0.1) is 17.5 Å². The fourth-order valence-corrected chi connectivity index (χ4v) is 2.88. The van der Waals surface area contributed by atoms with E-state index in [4.69, 9.17) is 0 Å². The van der Waals surface area contributed by atoms with Crippen LogP contribution in [0.15, 0.2) is 24.4 Å². The number of hydrogen-bond donors (Lipinski definition) is 0. The van der Waals surface area contributed by atoms with Crippen LogP contribution in [0.3, 0.4) is 0 Å². The summed E-state index contributed by atoms with van der Waals surface area (Å²) >= 11 is 0. The van der Waals surface area contributed by atoms with Crippen LogP contribution >= 0.6 is 0 Å². The molecule has 2 rings (SSSR count). The highest BCUT2D eigenvalue weighted by atomic mass is 19.4. The number of carbonyl (C=O) groups is 1. The molecule has 2 nitrogen and oxygen atoms in total. The first-order chi connectivity index (χ1) is 9.39. The molecule has 0 spiro atoms. The molecule has 3 unspecified atom stereocenters. The van der Waals surface area contributed by atoms with Gasteiger partial charge in [0.1, 0.15) is 5.78 Å². The highest BCUT2D eigenvalue weighted by Crippen LogP contribution is 2.41. The fourth-order valence-electron chi connectivity index (χ4n) is 2.88. The number of hydrogen-bond acceptors (Lipinski definition) is 2. The first-order valence-corrected chi connectivity index (χ1v) is 6.91. The topological polar surface area (TPSA) is 30.0 Å². The highest BCUT2D eigenvalue weighted by Gasteiger charge is 2.44. The zero-order valence-electron chi connectivity index (χ0n) is 11.4. The Hall–Kier alpha value is -1.39. The molecule has 5 heteroatoms. The molecule has 1 aromatic rings. The van der Waals surface area contributed by atoms with E-state index in [1.54, 1.807) is 31.3 Å². The molecule has 110 valence electrons. The normalized spacial score (nSPS) is 25.2. The molecule has 1 aliphatic rings. The zero-order valence-corrected chi connectivity index (χ0v) is 11.4. The number of alkyl halides is 3. The Morgan fingerprint density at radius 1 is 1.35 bits per heavy atom. The Morgan fingerprint density at radius 3 is 2.70 bits per heavy atom. The SMILES string of the molecule is CC(C(=O)C1CCCC(C(F)(F)F)C1)c1ccccn1. The third-order valence-electron chi connectivity index (χ3n) is 4.10. The Kier molecular flexibility index (Phi) is 4.45. The predicted octanol–water partition coefficient (Wildman–Crippen LogP) is 4.12. The smallest absolute Gasteiger partial charge is 0.299 e. The van der Waals surface area contributed by atoms with Gasteiger partial charge in [0, 0.05) is 12.1 Å². The van der Waals surface area contributed by atoms with E-state index in [2.05, 4.69) is 4.98 Å². The van der Waals surface area contributed by atoms with Crippen LogP contribution in [0.2, 0.25) is 0 Å². The molecular weight excluding hydrogens is 267 g/mol. The summed E-state index contributed by atoms with van der Waals surface area (Å²) in [5.74, 6) is -2.38. The van der Waals surface area contributed by atoms with Crippen LogP contribution in [0.1, 0.15) is 44.2 Å². The monoisotopic (exact) mass is 285 g/mol. The maximum absolute atomic E-state index is 12.8. The Morgan fingerprint density at radius 2 is 2.10 bits per heavy atom. The molecule has 1 aromatic heterocycles. The zero-order chi connectivity index (χ0) is 14.8. The number of Topliss-reactive ketones (excluding diaryl/α,β-unsaturated/α-hetero) is 1. The number of halogens is 3. The van der Waals surface area contributed by atoms with Gasteiger partial charge in [0.15, 0.2) is 0 Å². The number of ketones is 1. The third kappa shape index (κ3) is 3.38. The third-order valence-corrected chi connectivity index (χ3v) is 4.10. The molecule has 0 aliphatic heterocycles. The summed E-state index contributed by atoms with van der Waals surface area (Å²) in [5.41, 5.74) is 0.631. The van der Waals surface area contributed by atoms with Crippen LogP contribution in [0.4, 0.5) is 13.2 Å². The molecule has 0 N–H and O–H groups in total. The number of aromatic nitrogens is 1. The molecular formula is C15H18F3NO. The number of nitrogens with zero attached hydrogens (tertiary/aromatic N) is 1. The molecule has 0 amide bonds. The molecule has 0 saturated heterocycles. The van der Waals surface area contributed by atoms with Crippen molar-refractivity contribution in [3.8, 4) is 0 Å². The van der Waals surface area contributed by atoms with Crippen LogP contribution in [0, 0.1) is 11.8 Å². The second kappa shape index (κ2) is 5.94. The van der Waals surface area contributed by atoms with E-state index in [1.807, 2.05) is 0 Å². The molecule has 1 heterocycles. The molecule has 3 atom stereocenters. The molecule has 1 fully saturated rings. The quantitative estimate of drug-likeness (QED) is 0.836. The van der Waals surface area contributed by atoms with E-state index in [1.165, 1.54) is 0 Å². The van der Waals surface area contributed by atoms with Crippen molar-refractivity contribution in [2.45, 2.75) is 44.7 Å². The molecule has 1 saturated carbocycles. The summed E-state index contributed by atoms with van der Waals surface area (Å²) in [5, 5.41) is 0. The van der Waals surface area contributed by atoms with E-state index < -0.39 is 23.9 Å². The first-order valence-electron chi connectivity index (χ1n) is 6.91. The fraction of sp³-hybridized carbons (Fsp3) is 0.600. The van der Waals surface area contributed by atoms with Gasteiger partial charge in [0.25, 0.3) is 0 Å². The minimum Gasteiger partial charge on any atom is -0.299 e. The van der Waals surface area contributed by atoms with E-state index in [9.17, 15) is 18.0 Å². The van der Waals surface area contributed by atoms with Gasteiger partial charge in [0.2, 0.25) is 0 Å². The van der Waals surface area contributed by atoms with Crippen LogP contribution in [0.25, 0.3) is 0 Å². The Balaban J connectivity index is 2.05. The number of carbonyl (C=O) groups excluding carboxylic acids is 1. The van der Waals surface area contributed by atoms with Crippen LogP contribution < -0.4 is 0 Å². The lowest BCUT2D eigenvalue weighted by molar-refractivity contribution is -0.186. The van der Waals surface area contributed by atoms with E-state index in [0.717, 1.165) is 0 Å². The molecule has 0 aromatic carbocycles. The second-order valence-corrected chi connectivity index (χ2v) is 5.48. The largest absolute Gasteiger partial charge is 0.391 e. The van der Waals surface area contributed by atoms with Gasteiger partial charge in [-0.2, -0.15) is 13.2 Å². The van der Waals surface area contributed by atoms with Crippen molar-refractivity contribution in [2.75, 3.05) is 0 Å². The average Bonchev–Trinajstić information content (AvgIpc) is 2.46. The van der Waals surface area contributed by atoms with Crippen molar-refractivity contribution in [3.63, 3.8) is 0 Å². The second-order valence-electron chi connectivity index (χ2n) is 5.48. The van der Waals surface area contributed by atoms with Crippen LogP contribution in [-0.4, -0.2) is 16.9 Å². The van der Waals surface area contributed by atoms with E-state index >= 15 is 0 Å². The highest BCUT2D eigenvalue weighted by molar-refractivity contribution is 5.87. The number of pyridine rings is 1. The van der Waals surface area contributed by atoms with Crippen molar-refractivity contribution >= 4 is 5.78 Å². The van der Waals surface area contributed by atoms with Crippen molar-refractivity contribution in [2.24, 2.45) is 11.8 Å². The minimum atomic E-state index is -4.19. The standard InChI is InChI=1S/C15H18F3NO/c1-10(13-7-2-3-8-19-13)14(20)11-5-4-6-12(9-11)15(16,17)18/h2-3,7-8,10-12H,4-6,9H2,1H3. The minimum absolute atomic E-state index is 0.0699. The molecule has 20 heavy (non-hydrogen) atoms. The summed E-state index contributed by atoms with van der Waals surface area (Å²) in [7, 11) is 0. The maximum atomic E-state index is 12.8. The Bertz CT molecular complexity index is 458. The van der Waals surface area contributed by atoms with E-state index in [-0.39, 0.29) is 18.6 Å². The molecule has 0 bridgehead atoms.